The Morgan fingerprint density at radius 2 is 2.27 bits per heavy atom. The summed E-state index contributed by atoms with van der Waals surface area (Å²) in [6.45, 7) is 0. The van der Waals surface area contributed by atoms with Gasteiger partial charge in [-0.1, -0.05) is 0 Å². The van der Waals surface area contributed by atoms with E-state index in [1.807, 2.05) is 22.6 Å². The molecule has 0 unspecified atom stereocenters. The lowest BCUT2D eigenvalue weighted by Gasteiger charge is -1.97. The number of primary sulfonamides is 1. The number of nitrogens with zero attached hydrogens (tertiary/aromatic N) is 2. The summed E-state index contributed by atoms with van der Waals surface area (Å²) in [5.41, 5.74) is 0. The van der Waals surface area contributed by atoms with Gasteiger partial charge in [-0.25, -0.2) is 13.6 Å². The molecule has 0 atom stereocenters. The Balaban J connectivity index is 3.45. The highest BCUT2D eigenvalue weighted by molar-refractivity contribution is 14.1. The molecule has 7 heteroatoms. The first-order chi connectivity index (χ1) is 4.93. The van der Waals surface area contributed by atoms with Crippen molar-refractivity contribution in [3.63, 3.8) is 0 Å². The molecule has 2 N–H and O–H groups in total. The molecule has 62 valence electrons. The second kappa shape index (κ2) is 2.72. The van der Waals surface area contributed by atoms with Gasteiger partial charge < -0.3 is 0 Å². The highest BCUT2D eigenvalue weighted by atomic mass is 127. The lowest BCUT2D eigenvalue weighted by atomic mass is 10.7. The Morgan fingerprint density at radius 1 is 1.73 bits per heavy atom. The molecule has 0 aliphatic carbocycles. The lowest BCUT2D eigenvalue weighted by Crippen LogP contribution is -2.17. The quantitative estimate of drug-likeness (QED) is 0.719. The maximum atomic E-state index is 10.8. The highest BCUT2D eigenvalue weighted by Gasteiger charge is 2.16. The number of halogens is 1. The van der Waals surface area contributed by atoms with Gasteiger partial charge in [0.2, 0.25) is 0 Å². The zero-order chi connectivity index (χ0) is 8.65. The minimum atomic E-state index is -3.63. The van der Waals surface area contributed by atoms with E-state index in [-0.39, 0.29) is 5.03 Å². The molecule has 1 aromatic rings. The van der Waals surface area contributed by atoms with Crippen LogP contribution in [0.3, 0.4) is 0 Å². The van der Waals surface area contributed by atoms with Crippen molar-refractivity contribution in [3.05, 3.63) is 9.77 Å². The summed E-state index contributed by atoms with van der Waals surface area (Å²) in [6, 6.07) is 0. The van der Waals surface area contributed by atoms with Gasteiger partial charge in [0.1, 0.15) is 0 Å². The zero-order valence-corrected chi connectivity index (χ0v) is 8.63. The first-order valence-electron chi connectivity index (χ1n) is 2.63. The fraction of sp³-hybridized carbons (Fsp3) is 0.250. The topological polar surface area (TPSA) is 78.0 Å². The van der Waals surface area contributed by atoms with Gasteiger partial charge in [0.05, 0.1) is 9.77 Å². The molecule has 0 radical (unpaired) electrons. The normalized spacial score (nSPS) is 11.9. The van der Waals surface area contributed by atoms with Gasteiger partial charge in [0, 0.05) is 7.05 Å². The van der Waals surface area contributed by atoms with E-state index in [4.69, 9.17) is 5.14 Å². The Hall–Kier alpha value is -0.150. The van der Waals surface area contributed by atoms with Gasteiger partial charge in [-0.05, 0) is 22.6 Å². The molecule has 0 bridgehead atoms. The summed E-state index contributed by atoms with van der Waals surface area (Å²) in [7, 11) is -2.10. The predicted octanol–water partition coefficient (Wildman–Crippen LogP) is -0.328. The van der Waals surface area contributed by atoms with Gasteiger partial charge in [-0.2, -0.15) is 5.10 Å². The third-order valence-corrected chi connectivity index (χ3v) is 3.29. The molecule has 0 saturated carbocycles. The molecule has 0 spiro atoms. The Morgan fingerprint density at radius 3 is 2.45 bits per heavy atom. The molecule has 0 aromatic carbocycles. The van der Waals surface area contributed by atoms with Gasteiger partial charge >= 0.3 is 0 Å². The molecule has 0 fully saturated rings. The van der Waals surface area contributed by atoms with Crippen LogP contribution in [-0.4, -0.2) is 18.2 Å². The fourth-order valence-electron chi connectivity index (χ4n) is 0.720. The van der Waals surface area contributed by atoms with E-state index in [9.17, 15) is 8.42 Å². The number of nitrogens with two attached hydrogens (primary N) is 1. The number of hydrogen-bond acceptors (Lipinski definition) is 3. The first-order valence-corrected chi connectivity index (χ1v) is 5.25. The van der Waals surface area contributed by atoms with E-state index in [2.05, 4.69) is 5.10 Å². The van der Waals surface area contributed by atoms with Crippen LogP contribution in [0.15, 0.2) is 11.2 Å². The molecular formula is C4H6IN3O2S. The van der Waals surface area contributed by atoms with Crippen molar-refractivity contribution in [3.8, 4) is 0 Å². The van der Waals surface area contributed by atoms with Crippen LogP contribution < -0.4 is 5.14 Å². The van der Waals surface area contributed by atoms with E-state index in [0.717, 1.165) is 0 Å². The van der Waals surface area contributed by atoms with Crippen LogP contribution in [0.5, 0.6) is 0 Å². The number of aromatic nitrogens is 2. The fourth-order valence-corrected chi connectivity index (χ4v) is 2.85. The van der Waals surface area contributed by atoms with Crippen LogP contribution in [0.2, 0.25) is 0 Å². The maximum absolute atomic E-state index is 10.8. The van der Waals surface area contributed by atoms with Crippen LogP contribution in [0, 0.1) is 3.57 Å². The monoisotopic (exact) mass is 287 g/mol. The van der Waals surface area contributed by atoms with Crippen LogP contribution in [0.25, 0.3) is 0 Å². The lowest BCUT2D eigenvalue weighted by molar-refractivity contribution is 0.577. The number of aryl methyl sites for hydroxylation is 1. The van der Waals surface area contributed by atoms with Crippen LogP contribution >= 0.6 is 22.6 Å². The second-order valence-corrected chi connectivity index (χ2v) is 4.61. The third-order valence-electron chi connectivity index (χ3n) is 1.11. The Labute approximate surface area is 77.8 Å². The second-order valence-electron chi connectivity index (χ2n) is 1.97. The van der Waals surface area contributed by atoms with Crippen LogP contribution in [0.1, 0.15) is 0 Å². The van der Waals surface area contributed by atoms with Crippen molar-refractivity contribution in [1.29, 1.82) is 0 Å². The van der Waals surface area contributed by atoms with E-state index < -0.39 is 10.0 Å². The van der Waals surface area contributed by atoms with Crippen molar-refractivity contribution < 1.29 is 8.42 Å². The van der Waals surface area contributed by atoms with Crippen LogP contribution in [0.4, 0.5) is 0 Å². The molecule has 1 heterocycles. The molecule has 11 heavy (non-hydrogen) atoms. The average Bonchev–Trinajstić information content (AvgIpc) is 2.08. The molecule has 1 aromatic heterocycles. The van der Waals surface area contributed by atoms with Crippen molar-refractivity contribution in [2.24, 2.45) is 12.2 Å². The summed E-state index contributed by atoms with van der Waals surface area (Å²) < 4.78 is 23.5. The molecule has 5 nitrogen and oxygen atoms in total. The molecular weight excluding hydrogens is 281 g/mol. The minimum absolute atomic E-state index is 0.0538. The van der Waals surface area contributed by atoms with Crippen molar-refractivity contribution in [2.45, 2.75) is 5.03 Å². The summed E-state index contributed by atoms with van der Waals surface area (Å²) in [4.78, 5) is 0. The summed E-state index contributed by atoms with van der Waals surface area (Å²) in [5.74, 6) is 0. The smallest absolute Gasteiger partial charge is 0.255 e. The van der Waals surface area contributed by atoms with E-state index in [1.54, 1.807) is 0 Å². The molecule has 0 amide bonds. The van der Waals surface area contributed by atoms with Crippen molar-refractivity contribution >= 4 is 32.6 Å². The number of rotatable bonds is 1. The summed E-state index contributed by atoms with van der Waals surface area (Å²) in [6.07, 6.45) is 1.44. The maximum Gasteiger partial charge on any atom is 0.256 e. The van der Waals surface area contributed by atoms with Crippen molar-refractivity contribution in [1.82, 2.24) is 9.78 Å². The van der Waals surface area contributed by atoms with Crippen LogP contribution in [-0.2, 0) is 17.1 Å². The highest BCUT2D eigenvalue weighted by Crippen LogP contribution is 2.13. The average molecular weight is 287 g/mol. The third kappa shape index (κ3) is 1.71. The Bertz CT molecular complexity index is 349. The van der Waals surface area contributed by atoms with Gasteiger partial charge in [0.15, 0.2) is 5.03 Å². The largest absolute Gasteiger partial charge is 0.256 e. The molecule has 0 saturated heterocycles. The van der Waals surface area contributed by atoms with E-state index in [0.29, 0.717) is 3.57 Å². The first kappa shape index (κ1) is 8.94. The van der Waals surface area contributed by atoms with Gasteiger partial charge in [0.25, 0.3) is 10.0 Å². The standard InChI is InChI=1S/C4H6IN3O2S/c1-8-4(11(6,9)10)3(5)2-7-8/h2H,1H3,(H2,6,9,10). The number of sulfonamides is 1. The van der Waals surface area contributed by atoms with Gasteiger partial charge in [-0.3, -0.25) is 4.68 Å². The molecule has 0 aliphatic heterocycles. The van der Waals surface area contributed by atoms with Gasteiger partial charge in [-0.15, -0.1) is 0 Å². The summed E-state index contributed by atoms with van der Waals surface area (Å²) in [5, 5.41) is 8.70. The van der Waals surface area contributed by atoms with E-state index in [1.165, 1.54) is 17.9 Å². The summed E-state index contributed by atoms with van der Waals surface area (Å²) >= 11 is 1.86. The van der Waals surface area contributed by atoms with Crippen molar-refractivity contribution in [2.75, 3.05) is 0 Å². The zero-order valence-electron chi connectivity index (χ0n) is 5.65. The SMILES string of the molecule is Cn1ncc(I)c1S(N)(=O)=O. The number of hydrogen-bond donors (Lipinski definition) is 1. The minimum Gasteiger partial charge on any atom is -0.255 e. The van der Waals surface area contributed by atoms with E-state index >= 15 is 0 Å². The molecule has 0 aliphatic rings. The Kier molecular flexibility index (Phi) is 2.21. The predicted molar refractivity (Wildman–Crippen MR) is 47.3 cm³/mol. The molecule has 1 rings (SSSR count).